The molecule has 0 aromatic heterocycles. The van der Waals surface area contributed by atoms with Crippen LogP contribution in [-0.2, 0) is 18.8 Å². The van der Waals surface area contributed by atoms with E-state index in [0.29, 0.717) is 0 Å². The van der Waals surface area contributed by atoms with Gasteiger partial charge in [-0.25, -0.2) is 8.37 Å². The normalized spacial score (nSPS) is 11.4. The first-order valence-corrected chi connectivity index (χ1v) is 16.1. The highest BCUT2D eigenvalue weighted by Crippen LogP contribution is 2.12. The monoisotopic (exact) mass is 507 g/mol. The first-order valence-electron chi connectivity index (χ1n) is 14.8. The second-order valence-electron chi connectivity index (χ2n) is 9.37. The first kappa shape index (κ1) is 36.0. The highest BCUT2D eigenvalue weighted by atomic mass is 32.3. The lowest BCUT2D eigenvalue weighted by Gasteiger charge is -2.06. The molecule has 0 unspecified atom stereocenters. The van der Waals surface area contributed by atoms with E-state index in [1.54, 1.807) is 0 Å². The van der Waals surface area contributed by atoms with Gasteiger partial charge >= 0.3 is 10.4 Å². The molecule has 0 saturated heterocycles. The van der Waals surface area contributed by atoms with Crippen LogP contribution >= 0.6 is 0 Å². The predicted molar refractivity (Wildman–Crippen MR) is 149 cm³/mol. The van der Waals surface area contributed by atoms with Crippen LogP contribution in [0.1, 0.15) is 156 Å². The van der Waals surface area contributed by atoms with E-state index in [-0.39, 0.29) is 13.2 Å². The molecule has 208 valence electrons. The molecule has 0 aromatic rings. The van der Waals surface area contributed by atoms with Gasteiger partial charge in [0.25, 0.3) is 0 Å². The Morgan fingerprint density at radius 1 is 0.441 bits per heavy atom. The van der Waals surface area contributed by atoms with Crippen LogP contribution in [0.2, 0.25) is 0 Å². The molecule has 0 aliphatic heterocycles. The van der Waals surface area contributed by atoms with Gasteiger partial charge < -0.3 is 5.32 Å². The van der Waals surface area contributed by atoms with Gasteiger partial charge in [-0.2, -0.15) is 8.42 Å². The molecule has 6 heteroatoms. The summed E-state index contributed by atoms with van der Waals surface area (Å²) in [4.78, 5) is 0. The molecule has 0 aromatic carbocycles. The Hall–Kier alpha value is -0.170. The van der Waals surface area contributed by atoms with Gasteiger partial charge in [0.05, 0.1) is 13.2 Å². The van der Waals surface area contributed by atoms with Crippen LogP contribution in [-0.4, -0.2) is 34.7 Å². The van der Waals surface area contributed by atoms with Crippen molar-refractivity contribution in [2.24, 2.45) is 0 Å². The standard InChI is InChI=1S/C24H50O4S.C4H11N/c1-3-5-7-9-11-13-15-17-19-21-23-27-29(25,26)28-24-22-20-18-16-14-12-10-8-6-4-2;1-3-5-4-2/h3-24H2,1-2H3;5H,3-4H2,1-2H3. The topological polar surface area (TPSA) is 64.6 Å². The lowest BCUT2D eigenvalue weighted by molar-refractivity contribution is 0.208. The second-order valence-corrected chi connectivity index (χ2v) is 10.7. The molecule has 0 saturated carbocycles. The van der Waals surface area contributed by atoms with E-state index in [4.69, 9.17) is 8.37 Å². The van der Waals surface area contributed by atoms with Crippen LogP contribution in [0.15, 0.2) is 0 Å². The Labute approximate surface area is 214 Å². The zero-order valence-corrected chi connectivity index (χ0v) is 24.3. The molecule has 0 bridgehead atoms. The van der Waals surface area contributed by atoms with Crippen LogP contribution in [0.25, 0.3) is 0 Å². The fraction of sp³-hybridized carbons (Fsp3) is 1.00. The van der Waals surface area contributed by atoms with Gasteiger partial charge in [0.15, 0.2) is 0 Å². The zero-order chi connectivity index (χ0) is 25.6. The van der Waals surface area contributed by atoms with Crippen molar-refractivity contribution in [3.8, 4) is 0 Å². The predicted octanol–water partition coefficient (Wildman–Crippen LogP) is 8.72. The van der Waals surface area contributed by atoms with Crippen molar-refractivity contribution in [2.75, 3.05) is 26.3 Å². The summed E-state index contributed by atoms with van der Waals surface area (Å²) in [7, 11) is -3.80. The van der Waals surface area contributed by atoms with Gasteiger partial charge in [-0.1, -0.05) is 143 Å². The molecule has 0 atom stereocenters. The number of unbranched alkanes of at least 4 members (excludes halogenated alkanes) is 18. The van der Waals surface area contributed by atoms with Crippen LogP contribution in [0.4, 0.5) is 0 Å². The van der Waals surface area contributed by atoms with Gasteiger partial charge in [-0.05, 0) is 25.9 Å². The fourth-order valence-corrected chi connectivity index (χ4v) is 4.50. The quantitative estimate of drug-likeness (QED) is 0.119. The van der Waals surface area contributed by atoms with E-state index in [1.807, 2.05) is 0 Å². The van der Waals surface area contributed by atoms with E-state index in [0.717, 1.165) is 51.6 Å². The van der Waals surface area contributed by atoms with E-state index in [1.165, 1.54) is 89.9 Å². The van der Waals surface area contributed by atoms with Gasteiger partial charge in [-0.15, -0.1) is 0 Å². The molecule has 0 rings (SSSR count). The average molecular weight is 508 g/mol. The molecule has 0 fully saturated rings. The maximum absolute atomic E-state index is 11.7. The number of rotatable bonds is 26. The molecule has 5 nitrogen and oxygen atoms in total. The smallest absolute Gasteiger partial charge is 0.317 e. The minimum absolute atomic E-state index is 0.247. The molecule has 0 radical (unpaired) electrons. The molecule has 0 aliphatic carbocycles. The molecular formula is C28H61NO4S. The molecule has 1 N–H and O–H groups in total. The third kappa shape index (κ3) is 34.0. The molecule has 0 amide bonds. The summed E-state index contributed by atoms with van der Waals surface area (Å²) in [6, 6.07) is 0. The van der Waals surface area contributed by atoms with Crippen molar-refractivity contribution < 1.29 is 16.8 Å². The van der Waals surface area contributed by atoms with Crippen LogP contribution in [0.3, 0.4) is 0 Å². The summed E-state index contributed by atoms with van der Waals surface area (Å²) < 4.78 is 33.3. The Morgan fingerprint density at radius 2 is 0.706 bits per heavy atom. The maximum atomic E-state index is 11.7. The maximum Gasteiger partial charge on any atom is 0.399 e. The summed E-state index contributed by atoms with van der Waals surface area (Å²) in [5.74, 6) is 0. The van der Waals surface area contributed by atoms with Crippen molar-refractivity contribution in [3.63, 3.8) is 0 Å². The van der Waals surface area contributed by atoms with E-state index < -0.39 is 10.4 Å². The highest BCUT2D eigenvalue weighted by Gasteiger charge is 2.11. The summed E-state index contributed by atoms with van der Waals surface area (Å²) in [6.07, 6.45) is 24.4. The Bertz CT molecular complexity index is 423. The zero-order valence-electron chi connectivity index (χ0n) is 23.5. The van der Waals surface area contributed by atoms with Crippen LogP contribution in [0.5, 0.6) is 0 Å². The van der Waals surface area contributed by atoms with E-state index >= 15 is 0 Å². The van der Waals surface area contributed by atoms with Crippen LogP contribution in [0, 0.1) is 0 Å². The summed E-state index contributed by atoms with van der Waals surface area (Å²) in [6.45, 7) is 11.4. The van der Waals surface area contributed by atoms with Gasteiger partial charge in [0.1, 0.15) is 0 Å². The minimum Gasteiger partial charge on any atom is -0.317 e. The summed E-state index contributed by atoms with van der Waals surface area (Å²) >= 11 is 0. The number of hydrogen-bond donors (Lipinski definition) is 1. The van der Waals surface area contributed by atoms with E-state index in [2.05, 4.69) is 33.0 Å². The molecule has 34 heavy (non-hydrogen) atoms. The van der Waals surface area contributed by atoms with Gasteiger partial charge in [-0.3, -0.25) is 0 Å². The number of hydrogen-bond acceptors (Lipinski definition) is 5. The molecule has 0 aliphatic rings. The van der Waals surface area contributed by atoms with Crippen molar-refractivity contribution in [3.05, 3.63) is 0 Å². The third-order valence-corrected chi connectivity index (χ3v) is 6.86. The second kappa shape index (κ2) is 30.9. The lowest BCUT2D eigenvalue weighted by Crippen LogP contribution is -2.12. The van der Waals surface area contributed by atoms with Crippen LogP contribution < -0.4 is 5.32 Å². The Balaban J connectivity index is 0. The van der Waals surface area contributed by atoms with Crippen molar-refractivity contribution >= 4 is 10.4 Å². The SMILES string of the molecule is CCCCCCCCCCCCOS(=O)(=O)OCCCCCCCCCCCC.CCNCC. The molecular weight excluding hydrogens is 446 g/mol. The highest BCUT2D eigenvalue weighted by molar-refractivity contribution is 7.81. The Kier molecular flexibility index (Phi) is 32.7. The first-order chi connectivity index (χ1) is 16.5. The summed E-state index contributed by atoms with van der Waals surface area (Å²) in [5.41, 5.74) is 0. The largest absolute Gasteiger partial charge is 0.399 e. The minimum atomic E-state index is -3.80. The molecule has 0 spiro atoms. The summed E-state index contributed by atoms with van der Waals surface area (Å²) in [5, 5.41) is 3.11. The van der Waals surface area contributed by atoms with E-state index in [9.17, 15) is 8.42 Å². The van der Waals surface area contributed by atoms with Crippen molar-refractivity contribution in [2.45, 2.75) is 156 Å². The van der Waals surface area contributed by atoms with Gasteiger partial charge in [0.2, 0.25) is 0 Å². The van der Waals surface area contributed by atoms with Gasteiger partial charge in [0, 0.05) is 0 Å². The Morgan fingerprint density at radius 3 is 0.941 bits per heavy atom. The lowest BCUT2D eigenvalue weighted by atomic mass is 10.1. The number of nitrogens with one attached hydrogen (secondary N) is 1. The third-order valence-electron chi connectivity index (χ3n) is 5.95. The molecule has 0 heterocycles. The average Bonchev–Trinajstić information content (AvgIpc) is 2.82. The van der Waals surface area contributed by atoms with Crippen molar-refractivity contribution in [1.82, 2.24) is 5.32 Å². The fourth-order valence-electron chi connectivity index (χ4n) is 3.78. The van der Waals surface area contributed by atoms with Crippen molar-refractivity contribution in [1.29, 1.82) is 0 Å².